The Morgan fingerprint density at radius 3 is 3.22 bits per heavy atom. The van der Waals surface area contributed by atoms with E-state index in [1.54, 1.807) is 17.7 Å². The first kappa shape index (κ1) is 14.8. The van der Waals surface area contributed by atoms with Crippen molar-refractivity contribution >= 4 is 23.1 Å². The molecular formula is C15H16N6S2. The average Bonchev–Trinajstić information content (AvgIpc) is 3.21. The van der Waals surface area contributed by atoms with Crippen LogP contribution in [0.4, 0.5) is 0 Å². The molecule has 4 heterocycles. The second-order valence-electron chi connectivity index (χ2n) is 5.51. The Morgan fingerprint density at radius 2 is 2.35 bits per heavy atom. The van der Waals surface area contributed by atoms with Crippen LogP contribution in [0, 0.1) is 0 Å². The lowest BCUT2D eigenvalue weighted by molar-refractivity contribution is 0.305. The molecule has 0 unspecified atom stereocenters. The average molecular weight is 344 g/mol. The van der Waals surface area contributed by atoms with Gasteiger partial charge in [-0.25, -0.2) is 15.0 Å². The first-order chi connectivity index (χ1) is 11.3. The van der Waals surface area contributed by atoms with Crippen LogP contribution in [0.15, 0.2) is 34.0 Å². The van der Waals surface area contributed by atoms with E-state index in [1.165, 1.54) is 22.2 Å². The number of rotatable bonds is 4. The van der Waals surface area contributed by atoms with Crippen LogP contribution >= 0.6 is 23.1 Å². The van der Waals surface area contributed by atoms with Crippen molar-refractivity contribution in [2.24, 2.45) is 0 Å². The van der Waals surface area contributed by atoms with Crippen molar-refractivity contribution in [2.75, 3.05) is 13.6 Å². The Labute approximate surface area is 142 Å². The van der Waals surface area contributed by atoms with Gasteiger partial charge in [-0.3, -0.25) is 5.10 Å². The standard InChI is InChI=1S/C15H16N6S2/c1-21-5-4-12-11(8-21)14(17-9-16-12)23-15-18-13(19-20-15)7-10-3-2-6-22-10/h2-3,6,9H,4-5,7-8H2,1H3,(H,18,19,20). The van der Waals surface area contributed by atoms with Crippen LogP contribution < -0.4 is 0 Å². The maximum absolute atomic E-state index is 4.58. The topological polar surface area (TPSA) is 70.6 Å². The van der Waals surface area contributed by atoms with E-state index in [1.807, 2.05) is 0 Å². The minimum atomic E-state index is 0.714. The number of thiophene rings is 1. The maximum atomic E-state index is 4.58. The van der Waals surface area contributed by atoms with Crippen LogP contribution in [0.1, 0.15) is 22.0 Å². The lowest BCUT2D eigenvalue weighted by Gasteiger charge is -2.24. The molecule has 0 aliphatic carbocycles. The zero-order valence-electron chi connectivity index (χ0n) is 12.7. The molecule has 0 atom stereocenters. The van der Waals surface area contributed by atoms with Crippen LogP contribution in [0.5, 0.6) is 0 Å². The van der Waals surface area contributed by atoms with E-state index in [-0.39, 0.29) is 0 Å². The first-order valence-electron chi connectivity index (χ1n) is 7.41. The Kier molecular flexibility index (Phi) is 4.11. The second-order valence-corrected chi connectivity index (χ2v) is 7.50. The van der Waals surface area contributed by atoms with E-state index in [2.05, 4.69) is 54.6 Å². The highest BCUT2D eigenvalue weighted by Crippen LogP contribution is 2.30. The molecule has 0 fully saturated rings. The van der Waals surface area contributed by atoms with Gasteiger partial charge in [0, 0.05) is 36.4 Å². The Balaban J connectivity index is 1.54. The number of nitrogens with zero attached hydrogens (tertiary/aromatic N) is 5. The highest BCUT2D eigenvalue weighted by molar-refractivity contribution is 7.99. The largest absolute Gasteiger partial charge is 0.302 e. The van der Waals surface area contributed by atoms with E-state index in [0.29, 0.717) is 5.16 Å². The van der Waals surface area contributed by atoms with Gasteiger partial charge in [0.15, 0.2) is 0 Å². The normalized spacial score (nSPS) is 14.8. The number of fused-ring (bicyclic) bond motifs is 1. The maximum Gasteiger partial charge on any atom is 0.214 e. The zero-order valence-corrected chi connectivity index (χ0v) is 14.3. The fourth-order valence-electron chi connectivity index (χ4n) is 2.61. The van der Waals surface area contributed by atoms with Crippen LogP contribution in [0.2, 0.25) is 0 Å². The molecule has 4 rings (SSSR count). The van der Waals surface area contributed by atoms with Crippen molar-refractivity contribution in [3.8, 4) is 0 Å². The first-order valence-corrected chi connectivity index (χ1v) is 9.10. The number of hydrogen-bond acceptors (Lipinski definition) is 7. The van der Waals surface area contributed by atoms with Gasteiger partial charge in [-0.05, 0) is 30.3 Å². The molecule has 1 aliphatic rings. The van der Waals surface area contributed by atoms with Crippen molar-refractivity contribution < 1.29 is 0 Å². The zero-order chi connectivity index (χ0) is 15.6. The quantitative estimate of drug-likeness (QED) is 0.733. The highest BCUT2D eigenvalue weighted by atomic mass is 32.2. The molecule has 0 aromatic carbocycles. The third-order valence-corrected chi connectivity index (χ3v) is 5.56. The summed E-state index contributed by atoms with van der Waals surface area (Å²) < 4.78 is 0. The van der Waals surface area contributed by atoms with Gasteiger partial charge < -0.3 is 4.90 Å². The van der Waals surface area contributed by atoms with Gasteiger partial charge in [-0.1, -0.05) is 6.07 Å². The van der Waals surface area contributed by atoms with Crippen molar-refractivity contribution in [3.63, 3.8) is 0 Å². The highest BCUT2D eigenvalue weighted by Gasteiger charge is 2.20. The fraction of sp³-hybridized carbons (Fsp3) is 0.333. The molecule has 1 aliphatic heterocycles. The van der Waals surface area contributed by atoms with Gasteiger partial charge in [-0.15, -0.1) is 16.4 Å². The predicted octanol–water partition coefficient (Wildman–Crippen LogP) is 2.39. The molecule has 0 spiro atoms. The van der Waals surface area contributed by atoms with E-state index in [0.717, 1.165) is 42.5 Å². The van der Waals surface area contributed by atoms with Crippen molar-refractivity contribution in [1.82, 2.24) is 30.0 Å². The second kappa shape index (κ2) is 6.38. The molecule has 6 nitrogen and oxygen atoms in total. The number of hydrogen-bond donors (Lipinski definition) is 1. The number of nitrogens with one attached hydrogen (secondary N) is 1. The fourth-order valence-corrected chi connectivity index (χ4v) is 4.14. The SMILES string of the molecule is CN1CCc2ncnc(Sc3n[nH]c(Cc4cccs4)n3)c2C1. The van der Waals surface area contributed by atoms with E-state index >= 15 is 0 Å². The summed E-state index contributed by atoms with van der Waals surface area (Å²) in [5.41, 5.74) is 2.35. The molecule has 3 aromatic heterocycles. The number of H-pyrrole nitrogens is 1. The van der Waals surface area contributed by atoms with Crippen LogP contribution in [-0.2, 0) is 19.4 Å². The molecular weight excluding hydrogens is 328 g/mol. The lowest BCUT2D eigenvalue weighted by atomic mass is 10.1. The van der Waals surface area contributed by atoms with E-state index in [4.69, 9.17) is 0 Å². The molecule has 1 N–H and O–H groups in total. The van der Waals surface area contributed by atoms with Crippen molar-refractivity contribution in [1.29, 1.82) is 0 Å². The molecule has 23 heavy (non-hydrogen) atoms. The van der Waals surface area contributed by atoms with E-state index < -0.39 is 0 Å². The molecule has 0 saturated heterocycles. The van der Waals surface area contributed by atoms with Crippen molar-refractivity contribution in [3.05, 3.63) is 45.8 Å². The molecule has 0 amide bonds. The summed E-state index contributed by atoms with van der Waals surface area (Å²) in [6, 6.07) is 4.16. The Hall–Kier alpha value is -1.77. The van der Waals surface area contributed by atoms with E-state index in [9.17, 15) is 0 Å². The Morgan fingerprint density at radius 1 is 1.39 bits per heavy atom. The molecule has 3 aromatic rings. The van der Waals surface area contributed by atoms with Crippen LogP contribution in [-0.4, -0.2) is 43.6 Å². The lowest BCUT2D eigenvalue weighted by Crippen LogP contribution is -2.28. The third kappa shape index (κ3) is 3.29. The number of aromatic nitrogens is 5. The summed E-state index contributed by atoms with van der Waals surface area (Å²) in [6.07, 6.45) is 3.40. The minimum Gasteiger partial charge on any atom is -0.302 e. The van der Waals surface area contributed by atoms with Crippen LogP contribution in [0.3, 0.4) is 0 Å². The summed E-state index contributed by atoms with van der Waals surface area (Å²) in [7, 11) is 2.12. The summed E-state index contributed by atoms with van der Waals surface area (Å²) in [5.74, 6) is 0.884. The monoisotopic (exact) mass is 344 g/mol. The summed E-state index contributed by atoms with van der Waals surface area (Å²) in [6.45, 7) is 1.92. The van der Waals surface area contributed by atoms with Crippen LogP contribution in [0.25, 0.3) is 0 Å². The molecule has 118 valence electrons. The molecule has 0 bridgehead atoms. The van der Waals surface area contributed by atoms with Gasteiger partial charge in [0.25, 0.3) is 0 Å². The Bertz CT molecular complexity index is 798. The number of likely N-dealkylation sites (N-methyl/N-ethyl adjacent to an activating group) is 1. The van der Waals surface area contributed by atoms with Crippen molar-refractivity contribution in [2.45, 2.75) is 29.6 Å². The summed E-state index contributed by atoms with van der Waals surface area (Å²) >= 11 is 3.24. The molecule has 8 heteroatoms. The molecule has 0 saturated carbocycles. The molecule has 0 radical (unpaired) electrons. The predicted molar refractivity (Wildman–Crippen MR) is 89.7 cm³/mol. The van der Waals surface area contributed by atoms with Gasteiger partial charge >= 0.3 is 0 Å². The minimum absolute atomic E-state index is 0.714. The summed E-state index contributed by atoms with van der Waals surface area (Å²) in [5, 5.41) is 11.1. The smallest absolute Gasteiger partial charge is 0.214 e. The number of aromatic amines is 1. The van der Waals surface area contributed by atoms with Gasteiger partial charge in [0.2, 0.25) is 5.16 Å². The van der Waals surface area contributed by atoms with Gasteiger partial charge in [0.05, 0.1) is 5.69 Å². The van der Waals surface area contributed by atoms with Gasteiger partial charge in [-0.2, -0.15) is 0 Å². The summed E-state index contributed by atoms with van der Waals surface area (Å²) in [4.78, 5) is 17.0. The van der Waals surface area contributed by atoms with Gasteiger partial charge in [0.1, 0.15) is 17.2 Å². The third-order valence-electron chi connectivity index (χ3n) is 3.77.